The summed E-state index contributed by atoms with van der Waals surface area (Å²) in [6.07, 6.45) is 2.47. The van der Waals surface area contributed by atoms with Crippen LogP contribution in [0.25, 0.3) is 6.08 Å². The van der Waals surface area contributed by atoms with Gasteiger partial charge in [0.1, 0.15) is 5.82 Å². The molecule has 0 aliphatic rings. The number of nitrogens with one attached hydrogen (secondary N) is 1. The molecule has 0 spiro atoms. The van der Waals surface area contributed by atoms with E-state index in [1.54, 1.807) is 12.1 Å². The minimum absolute atomic E-state index is 0.0654. The van der Waals surface area contributed by atoms with Crippen molar-refractivity contribution >= 4 is 29.3 Å². The van der Waals surface area contributed by atoms with Crippen LogP contribution < -0.4 is 14.8 Å². The van der Waals surface area contributed by atoms with Gasteiger partial charge in [-0.3, -0.25) is 4.79 Å². The molecule has 0 saturated carbocycles. The van der Waals surface area contributed by atoms with Crippen molar-refractivity contribution in [2.45, 2.75) is 12.7 Å². The third-order valence-electron chi connectivity index (χ3n) is 4.50. The summed E-state index contributed by atoms with van der Waals surface area (Å²) in [5.74, 6) is -1.79. The fourth-order valence-electron chi connectivity index (χ4n) is 2.96. The number of halogens is 3. The van der Waals surface area contributed by atoms with E-state index in [0.717, 1.165) is 11.0 Å². The van der Waals surface area contributed by atoms with Crippen LogP contribution >= 0.6 is 11.3 Å². The van der Waals surface area contributed by atoms with Crippen molar-refractivity contribution in [1.82, 2.24) is 5.32 Å². The predicted molar refractivity (Wildman–Crippen MR) is 120 cm³/mol. The van der Waals surface area contributed by atoms with Crippen molar-refractivity contribution in [2.24, 2.45) is 0 Å². The average Bonchev–Trinajstić information content (AvgIpc) is 3.35. The molecule has 3 rings (SSSR count). The molecule has 2 aromatic carbocycles. The van der Waals surface area contributed by atoms with E-state index in [0.29, 0.717) is 11.1 Å². The first-order chi connectivity index (χ1) is 16.4. The highest BCUT2D eigenvalue weighted by molar-refractivity contribution is 7.10. The quantitative estimate of drug-likeness (QED) is 0.321. The van der Waals surface area contributed by atoms with Gasteiger partial charge in [0, 0.05) is 11.0 Å². The fraction of sp³-hybridized carbons (Fsp3) is 0.167. The molecule has 6 nitrogen and oxygen atoms in total. The van der Waals surface area contributed by atoms with Crippen LogP contribution in [0.5, 0.6) is 11.5 Å². The van der Waals surface area contributed by atoms with Crippen molar-refractivity contribution in [2.75, 3.05) is 13.7 Å². The Hall–Kier alpha value is -3.79. The lowest BCUT2D eigenvalue weighted by Crippen LogP contribution is -2.32. The van der Waals surface area contributed by atoms with E-state index in [2.05, 4.69) is 10.1 Å². The first kappa shape index (κ1) is 24.8. The van der Waals surface area contributed by atoms with E-state index >= 15 is 0 Å². The number of hydrogen-bond donors (Lipinski definition) is 1. The largest absolute Gasteiger partial charge is 0.493 e. The number of esters is 1. The van der Waals surface area contributed by atoms with Gasteiger partial charge in [0.2, 0.25) is 0 Å². The standard InChI is InChI=1S/C24H20F3NO5S/c1-31-19-13-15(4-10-18(19)33-24(26)27)5-11-22(30)32-14-21(29)28-23(20-3-2-12-34-20)16-6-8-17(25)9-7-16/h2-13,23-24H,14H2,1H3,(H,28,29)/b11-5+. The summed E-state index contributed by atoms with van der Waals surface area (Å²) >= 11 is 1.42. The second-order valence-electron chi connectivity index (χ2n) is 6.80. The number of amides is 1. The highest BCUT2D eigenvalue weighted by Gasteiger charge is 2.19. The Morgan fingerprint density at radius 2 is 1.85 bits per heavy atom. The third kappa shape index (κ3) is 7.11. The third-order valence-corrected chi connectivity index (χ3v) is 5.43. The first-order valence-corrected chi connectivity index (χ1v) is 10.8. The number of rotatable bonds is 10. The van der Waals surface area contributed by atoms with Gasteiger partial charge in [-0.15, -0.1) is 11.3 Å². The highest BCUT2D eigenvalue weighted by atomic mass is 32.1. The number of thiophene rings is 1. The maximum Gasteiger partial charge on any atom is 0.387 e. The lowest BCUT2D eigenvalue weighted by atomic mass is 10.1. The molecular formula is C24H20F3NO5S. The molecule has 1 atom stereocenters. The number of ether oxygens (including phenoxy) is 3. The average molecular weight is 491 g/mol. The molecule has 1 N–H and O–H groups in total. The molecule has 34 heavy (non-hydrogen) atoms. The van der Waals surface area contributed by atoms with Crippen molar-refractivity contribution in [3.63, 3.8) is 0 Å². The zero-order chi connectivity index (χ0) is 24.5. The summed E-state index contributed by atoms with van der Waals surface area (Å²) in [4.78, 5) is 25.3. The van der Waals surface area contributed by atoms with E-state index in [1.807, 2.05) is 17.5 Å². The number of alkyl halides is 2. The van der Waals surface area contributed by atoms with Crippen LogP contribution in [-0.2, 0) is 14.3 Å². The van der Waals surface area contributed by atoms with Gasteiger partial charge in [0.25, 0.3) is 5.91 Å². The summed E-state index contributed by atoms with van der Waals surface area (Å²) < 4.78 is 52.4. The molecule has 0 saturated heterocycles. The summed E-state index contributed by atoms with van der Waals surface area (Å²) in [7, 11) is 1.30. The van der Waals surface area contributed by atoms with Crippen LogP contribution in [0, 0.1) is 5.82 Å². The van der Waals surface area contributed by atoms with E-state index < -0.39 is 37.0 Å². The molecule has 1 aromatic heterocycles. The monoisotopic (exact) mass is 491 g/mol. The minimum Gasteiger partial charge on any atom is -0.493 e. The topological polar surface area (TPSA) is 73.9 Å². The minimum atomic E-state index is -3.00. The first-order valence-electron chi connectivity index (χ1n) is 9.91. The summed E-state index contributed by atoms with van der Waals surface area (Å²) in [6, 6.07) is 13.0. The van der Waals surface area contributed by atoms with Crippen LogP contribution in [0.2, 0.25) is 0 Å². The van der Waals surface area contributed by atoms with Crippen molar-refractivity contribution < 1.29 is 37.0 Å². The smallest absolute Gasteiger partial charge is 0.387 e. The molecule has 0 radical (unpaired) electrons. The van der Waals surface area contributed by atoms with Gasteiger partial charge in [-0.25, -0.2) is 9.18 Å². The summed E-state index contributed by atoms with van der Waals surface area (Å²) in [5, 5.41) is 4.63. The van der Waals surface area contributed by atoms with Crippen LogP contribution in [0.15, 0.2) is 66.1 Å². The van der Waals surface area contributed by atoms with Crippen LogP contribution in [-0.4, -0.2) is 32.2 Å². The summed E-state index contributed by atoms with van der Waals surface area (Å²) in [5.41, 5.74) is 1.14. The Labute approximate surface area is 197 Å². The molecule has 0 bridgehead atoms. The van der Waals surface area contributed by atoms with E-state index in [1.165, 1.54) is 54.9 Å². The van der Waals surface area contributed by atoms with Gasteiger partial charge in [-0.1, -0.05) is 24.3 Å². The lowest BCUT2D eigenvalue weighted by Gasteiger charge is -2.18. The number of methoxy groups -OCH3 is 1. The lowest BCUT2D eigenvalue weighted by molar-refractivity contribution is -0.143. The van der Waals surface area contributed by atoms with Crippen molar-refractivity contribution in [3.05, 3.63) is 87.9 Å². The molecule has 3 aromatic rings. The maximum atomic E-state index is 13.3. The Kier molecular flexibility index (Phi) is 8.69. The van der Waals surface area contributed by atoms with Crippen molar-refractivity contribution in [3.8, 4) is 11.5 Å². The van der Waals surface area contributed by atoms with E-state index in [4.69, 9.17) is 9.47 Å². The molecule has 178 valence electrons. The van der Waals surface area contributed by atoms with Gasteiger partial charge in [0.15, 0.2) is 18.1 Å². The fourth-order valence-corrected chi connectivity index (χ4v) is 3.76. The van der Waals surface area contributed by atoms with E-state index in [9.17, 15) is 22.8 Å². The molecule has 1 heterocycles. The van der Waals surface area contributed by atoms with E-state index in [-0.39, 0.29) is 11.5 Å². The molecule has 0 aliphatic carbocycles. The number of benzene rings is 2. The normalized spacial score (nSPS) is 11.9. The van der Waals surface area contributed by atoms with Crippen LogP contribution in [0.3, 0.4) is 0 Å². The molecule has 0 aliphatic heterocycles. The molecule has 0 fully saturated rings. The van der Waals surface area contributed by atoms with Gasteiger partial charge in [-0.2, -0.15) is 8.78 Å². The van der Waals surface area contributed by atoms with Crippen molar-refractivity contribution in [1.29, 1.82) is 0 Å². The summed E-state index contributed by atoms with van der Waals surface area (Å²) in [6.45, 7) is -3.53. The Morgan fingerprint density at radius 3 is 2.50 bits per heavy atom. The predicted octanol–water partition coefficient (Wildman–Crippen LogP) is 4.96. The second kappa shape index (κ2) is 11.9. The van der Waals surface area contributed by atoms with Gasteiger partial charge < -0.3 is 19.5 Å². The molecule has 10 heteroatoms. The van der Waals surface area contributed by atoms with Gasteiger partial charge in [-0.05, 0) is 52.9 Å². The molecule has 1 unspecified atom stereocenters. The van der Waals surface area contributed by atoms with Gasteiger partial charge >= 0.3 is 12.6 Å². The zero-order valence-corrected chi connectivity index (χ0v) is 18.7. The van der Waals surface area contributed by atoms with Gasteiger partial charge in [0.05, 0.1) is 13.2 Å². The maximum absolute atomic E-state index is 13.3. The Morgan fingerprint density at radius 1 is 1.09 bits per heavy atom. The van der Waals surface area contributed by atoms with Crippen LogP contribution in [0.1, 0.15) is 22.0 Å². The number of carbonyl (C=O) groups is 2. The number of carbonyl (C=O) groups excluding carboxylic acids is 2. The second-order valence-corrected chi connectivity index (χ2v) is 7.78. The zero-order valence-electron chi connectivity index (χ0n) is 17.9. The molecular weight excluding hydrogens is 471 g/mol. The van der Waals surface area contributed by atoms with Crippen LogP contribution in [0.4, 0.5) is 13.2 Å². The SMILES string of the molecule is COc1cc(/C=C/C(=O)OCC(=O)NC(c2ccc(F)cc2)c2cccs2)ccc1OC(F)F. The molecule has 1 amide bonds. The Bertz CT molecular complexity index is 1130. The Balaban J connectivity index is 1.58. The highest BCUT2D eigenvalue weighted by Crippen LogP contribution is 2.30. The number of hydrogen-bond acceptors (Lipinski definition) is 6.